The van der Waals surface area contributed by atoms with E-state index >= 15 is 0 Å². The number of anilines is 1. The molecule has 2 N–H and O–H groups in total. The van der Waals surface area contributed by atoms with Crippen molar-refractivity contribution in [2.24, 2.45) is 0 Å². The molecule has 10 heteroatoms. The zero-order chi connectivity index (χ0) is 27.9. The van der Waals surface area contributed by atoms with E-state index in [1.807, 2.05) is 24.3 Å². The van der Waals surface area contributed by atoms with E-state index in [2.05, 4.69) is 31.5 Å². The molecule has 0 unspecified atom stereocenters. The number of pyridine rings is 1. The van der Waals surface area contributed by atoms with Crippen molar-refractivity contribution in [3.8, 4) is 5.75 Å². The molecule has 7 nitrogen and oxygen atoms in total. The van der Waals surface area contributed by atoms with Gasteiger partial charge in [0.05, 0.1) is 28.8 Å². The summed E-state index contributed by atoms with van der Waals surface area (Å²) in [6, 6.07) is 20.4. The summed E-state index contributed by atoms with van der Waals surface area (Å²) in [6.07, 6.45) is 1.66. The Labute approximate surface area is 243 Å². The van der Waals surface area contributed by atoms with Crippen LogP contribution < -0.4 is 15.4 Å². The number of benzene rings is 3. The highest BCUT2D eigenvalue weighted by Gasteiger charge is 2.17. The van der Waals surface area contributed by atoms with Crippen molar-refractivity contribution in [2.75, 3.05) is 12.4 Å². The number of nitrogens with zero attached hydrogens (tertiary/aromatic N) is 1. The number of aromatic nitrogens is 1. The second kappa shape index (κ2) is 12.9. The summed E-state index contributed by atoms with van der Waals surface area (Å²) in [6.45, 7) is 0.138. The highest BCUT2D eigenvalue weighted by atomic mass is 79.9. The van der Waals surface area contributed by atoms with Gasteiger partial charge in [0, 0.05) is 29.3 Å². The van der Waals surface area contributed by atoms with Crippen LogP contribution in [-0.2, 0) is 13.0 Å². The molecule has 0 fully saturated rings. The van der Waals surface area contributed by atoms with Gasteiger partial charge in [-0.25, -0.2) is 4.98 Å². The number of hydrogen-bond donors (Lipinski definition) is 2. The second-order valence-corrected chi connectivity index (χ2v) is 10.1. The molecule has 0 spiro atoms. The Balaban J connectivity index is 1.48. The Morgan fingerprint density at radius 2 is 1.62 bits per heavy atom. The molecular weight excluding hydrogens is 605 g/mol. The molecule has 4 rings (SSSR count). The maximum absolute atomic E-state index is 13.1. The third kappa shape index (κ3) is 7.23. The van der Waals surface area contributed by atoms with Gasteiger partial charge in [0.1, 0.15) is 10.9 Å². The number of Topliss-reactive ketones (excluding diaryl/α,β-unsaturated/α-hetero) is 1. The van der Waals surface area contributed by atoms with E-state index in [4.69, 9.17) is 27.9 Å². The molecule has 0 radical (unpaired) electrons. The van der Waals surface area contributed by atoms with Gasteiger partial charge in [-0.15, -0.1) is 0 Å². The van der Waals surface area contributed by atoms with Crippen LogP contribution in [0.25, 0.3) is 0 Å². The lowest BCUT2D eigenvalue weighted by Crippen LogP contribution is -2.23. The van der Waals surface area contributed by atoms with Crippen molar-refractivity contribution in [3.05, 3.63) is 121 Å². The number of amides is 2. The number of nitrogens with one attached hydrogen (secondary N) is 2. The number of carbonyl (C=O) groups excluding carboxylic acids is 3. The molecule has 39 heavy (non-hydrogen) atoms. The lowest BCUT2D eigenvalue weighted by molar-refractivity contribution is 0.0949. The minimum Gasteiger partial charge on any atom is -0.496 e. The van der Waals surface area contributed by atoms with Gasteiger partial charge in [-0.05, 0) is 65.7 Å². The average Bonchev–Trinajstić information content (AvgIpc) is 2.93. The first kappa shape index (κ1) is 28.3. The highest BCUT2D eigenvalue weighted by molar-refractivity contribution is 9.10. The predicted octanol–water partition coefficient (Wildman–Crippen LogP) is 6.77. The maximum atomic E-state index is 13.1. The number of ether oxygens (including phenoxy) is 1. The monoisotopic (exact) mass is 625 g/mol. The number of rotatable bonds is 9. The smallest absolute Gasteiger partial charge is 0.257 e. The number of carbonyl (C=O) groups is 3. The van der Waals surface area contributed by atoms with Crippen molar-refractivity contribution in [1.29, 1.82) is 0 Å². The van der Waals surface area contributed by atoms with E-state index in [1.165, 1.54) is 13.3 Å². The number of methoxy groups -OCH3 is 1. The van der Waals surface area contributed by atoms with Crippen LogP contribution in [0.2, 0.25) is 10.2 Å². The van der Waals surface area contributed by atoms with E-state index in [0.29, 0.717) is 22.6 Å². The Kier molecular flexibility index (Phi) is 9.35. The fraction of sp³-hybridized carbons (Fsp3) is 0.103. The Morgan fingerprint density at radius 1 is 0.872 bits per heavy atom. The zero-order valence-corrected chi connectivity index (χ0v) is 23.7. The Morgan fingerprint density at radius 3 is 2.33 bits per heavy atom. The van der Waals surface area contributed by atoms with Gasteiger partial charge >= 0.3 is 0 Å². The van der Waals surface area contributed by atoms with Crippen molar-refractivity contribution in [3.63, 3.8) is 0 Å². The molecule has 0 saturated heterocycles. The highest BCUT2D eigenvalue weighted by Crippen LogP contribution is 2.26. The third-order valence-electron chi connectivity index (χ3n) is 5.77. The van der Waals surface area contributed by atoms with Crippen LogP contribution >= 0.6 is 39.1 Å². The second-order valence-electron chi connectivity index (χ2n) is 8.43. The first-order chi connectivity index (χ1) is 18.7. The fourth-order valence-electron chi connectivity index (χ4n) is 3.77. The molecular formula is C29H22BrCl2N3O4. The molecule has 3 aromatic carbocycles. The maximum Gasteiger partial charge on any atom is 0.257 e. The van der Waals surface area contributed by atoms with E-state index in [-0.39, 0.29) is 40.1 Å². The fourth-order valence-corrected chi connectivity index (χ4v) is 4.45. The van der Waals surface area contributed by atoms with Gasteiger partial charge in [-0.1, -0.05) is 57.3 Å². The van der Waals surface area contributed by atoms with Gasteiger partial charge in [-0.3, -0.25) is 14.4 Å². The number of halogens is 3. The van der Waals surface area contributed by atoms with E-state index in [9.17, 15) is 14.4 Å². The van der Waals surface area contributed by atoms with Gasteiger partial charge < -0.3 is 15.4 Å². The molecule has 0 aliphatic heterocycles. The molecule has 0 bridgehead atoms. The summed E-state index contributed by atoms with van der Waals surface area (Å²) >= 11 is 15.7. The molecule has 0 saturated carbocycles. The van der Waals surface area contributed by atoms with Crippen molar-refractivity contribution < 1.29 is 19.1 Å². The van der Waals surface area contributed by atoms with Crippen molar-refractivity contribution in [2.45, 2.75) is 13.0 Å². The molecule has 2 amide bonds. The molecule has 4 aromatic rings. The number of ketones is 1. The van der Waals surface area contributed by atoms with E-state index in [1.54, 1.807) is 48.5 Å². The van der Waals surface area contributed by atoms with Crippen LogP contribution in [-0.4, -0.2) is 29.7 Å². The van der Waals surface area contributed by atoms with Gasteiger partial charge in [0.25, 0.3) is 11.8 Å². The lowest BCUT2D eigenvalue weighted by atomic mass is 10.0. The summed E-state index contributed by atoms with van der Waals surface area (Å²) in [5, 5.41) is 5.88. The Bertz CT molecular complexity index is 1540. The molecule has 0 atom stereocenters. The van der Waals surface area contributed by atoms with Crippen LogP contribution in [0.3, 0.4) is 0 Å². The summed E-state index contributed by atoms with van der Waals surface area (Å²) in [5.41, 5.74) is 2.70. The topological polar surface area (TPSA) is 97.4 Å². The van der Waals surface area contributed by atoms with E-state index < -0.39 is 11.8 Å². The molecule has 1 heterocycles. The lowest BCUT2D eigenvalue weighted by Gasteiger charge is -2.13. The average molecular weight is 627 g/mol. The summed E-state index contributed by atoms with van der Waals surface area (Å²) in [4.78, 5) is 42.5. The molecule has 0 aliphatic rings. The van der Waals surface area contributed by atoms with Crippen LogP contribution in [0.4, 0.5) is 5.69 Å². The third-order valence-corrected chi connectivity index (χ3v) is 6.93. The first-order valence-electron chi connectivity index (χ1n) is 11.7. The van der Waals surface area contributed by atoms with E-state index in [0.717, 1.165) is 10.0 Å². The molecule has 198 valence electrons. The minimum atomic E-state index is -0.472. The van der Waals surface area contributed by atoms with Gasteiger partial charge in [0.15, 0.2) is 5.78 Å². The normalized spacial score (nSPS) is 10.6. The summed E-state index contributed by atoms with van der Waals surface area (Å²) in [7, 11) is 1.48. The van der Waals surface area contributed by atoms with Crippen LogP contribution in [0, 0.1) is 0 Å². The zero-order valence-electron chi connectivity index (χ0n) is 20.6. The van der Waals surface area contributed by atoms with Crippen molar-refractivity contribution in [1.82, 2.24) is 10.3 Å². The van der Waals surface area contributed by atoms with Crippen LogP contribution in [0.5, 0.6) is 5.75 Å². The SMILES string of the molecule is COc1ccc(NC(=O)c2cc(CNC(=O)c3cccnc3Cl)ccc2Cl)cc1C(=O)Cc1ccc(Br)cc1. The van der Waals surface area contributed by atoms with Crippen molar-refractivity contribution >= 4 is 62.4 Å². The quantitative estimate of drug-likeness (QED) is 0.158. The van der Waals surface area contributed by atoms with Gasteiger partial charge in [0.2, 0.25) is 0 Å². The predicted molar refractivity (Wildman–Crippen MR) is 155 cm³/mol. The molecule has 0 aliphatic carbocycles. The summed E-state index contributed by atoms with van der Waals surface area (Å²) in [5.74, 6) is -0.623. The standard InChI is InChI=1S/C29H22BrCl2N3O4/c1-39-26-11-9-20(15-23(26)25(36)14-17-4-7-19(30)8-5-17)35-29(38)22-13-18(6-10-24(22)31)16-34-28(37)21-3-2-12-33-27(21)32/h2-13,15H,14,16H2,1H3,(H,34,37)(H,35,38). The molecule has 1 aromatic heterocycles. The Hall–Kier alpha value is -3.72. The van der Waals surface area contributed by atoms with Crippen LogP contribution in [0.15, 0.2) is 83.5 Å². The van der Waals surface area contributed by atoms with Gasteiger partial charge in [-0.2, -0.15) is 0 Å². The largest absolute Gasteiger partial charge is 0.496 e. The summed E-state index contributed by atoms with van der Waals surface area (Å²) < 4.78 is 6.30. The number of hydrogen-bond acceptors (Lipinski definition) is 5. The first-order valence-corrected chi connectivity index (χ1v) is 13.2. The van der Waals surface area contributed by atoms with Crippen LogP contribution in [0.1, 0.15) is 42.2 Å². The minimum absolute atomic E-state index is 0.0976.